The quantitative estimate of drug-likeness (QED) is 0.834. The maximum atomic E-state index is 12.5. The van der Waals surface area contributed by atoms with Crippen LogP contribution in [0.2, 0.25) is 0 Å². The summed E-state index contributed by atoms with van der Waals surface area (Å²) in [5.74, 6) is 1.47. The van der Waals surface area contributed by atoms with E-state index in [2.05, 4.69) is 31.0 Å². The van der Waals surface area contributed by atoms with Gasteiger partial charge in [0.15, 0.2) is 0 Å². The molecule has 3 nitrogen and oxygen atoms in total. The van der Waals surface area contributed by atoms with Crippen molar-refractivity contribution in [3.63, 3.8) is 0 Å². The Hall–Kier alpha value is -0.570. The Morgan fingerprint density at radius 1 is 1.28 bits per heavy atom. The van der Waals surface area contributed by atoms with Crippen LogP contribution in [-0.4, -0.2) is 29.6 Å². The van der Waals surface area contributed by atoms with Gasteiger partial charge in [-0.1, -0.05) is 40.0 Å². The number of hydrogen-bond donors (Lipinski definition) is 1. The molecular formula is C15H28N2O. The second-order valence-corrected chi connectivity index (χ2v) is 6.27. The van der Waals surface area contributed by atoms with Crippen LogP contribution < -0.4 is 5.32 Å². The molecule has 2 fully saturated rings. The monoisotopic (exact) mass is 252 g/mol. The lowest BCUT2D eigenvalue weighted by Crippen LogP contribution is -2.44. The van der Waals surface area contributed by atoms with E-state index in [4.69, 9.17) is 0 Å². The predicted molar refractivity (Wildman–Crippen MR) is 74.1 cm³/mol. The van der Waals surface area contributed by atoms with E-state index >= 15 is 0 Å². The Balaban J connectivity index is 2.02. The van der Waals surface area contributed by atoms with Crippen molar-refractivity contribution < 1.29 is 4.79 Å². The van der Waals surface area contributed by atoms with Gasteiger partial charge in [-0.25, -0.2) is 0 Å². The number of carbonyl (C=O) groups is 1. The van der Waals surface area contributed by atoms with Gasteiger partial charge < -0.3 is 4.90 Å². The van der Waals surface area contributed by atoms with Gasteiger partial charge in [0.1, 0.15) is 0 Å². The van der Waals surface area contributed by atoms with E-state index in [1.54, 1.807) is 0 Å². The van der Waals surface area contributed by atoms with Gasteiger partial charge in [0.25, 0.3) is 0 Å². The number of nitrogens with zero attached hydrogens (tertiary/aromatic N) is 1. The standard InChI is InChI=1S/C15H28N2O/c1-4-13(12-8-6-5-7-9-12)17-10-16-14(11(2)3)15(17)18/h11-14,16H,4-10H2,1-3H3. The van der Waals surface area contributed by atoms with Gasteiger partial charge in [0.05, 0.1) is 12.7 Å². The van der Waals surface area contributed by atoms with Crippen molar-refractivity contribution in [1.29, 1.82) is 0 Å². The average molecular weight is 252 g/mol. The lowest BCUT2D eigenvalue weighted by atomic mass is 9.82. The fourth-order valence-corrected chi connectivity index (χ4v) is 3.67. The van der Waals surface area contributed by atoms with Crippen molar-refractivity contribution in [3.8, 4) is 0 Å². The van der Waals surface area contributed by atoms with Crippen LogP contribution in [0.25, 0.3) is 0 Å². The Labute approximate surface area is 111 Å². The van der Waals surface area contributed by atoms with Gasteiger partial charge in [0.2, 0.25) is 5.91 Å². The predicted octanol–water partition coefficient (Wildman–Crippen LogP) is 2.76. The molecule has 0 bridgehead atoms. The van der Waals surface area contributed by atoms with Crippen LogP contribution in [0.15, 0.2) is 0 Å². The molecule has 2 aliphatic rings. The van der Waals surface area contributed by atoms with Crippen molar-refractivity contribution >= 4 is 5.91 Å². The lowest BCUT2D eigenvalue weighted by Gasteiger charge is -2.36. The summed E-state index contributed by atoms with van der Waals surface area (Å²) in [7, 11) is 0. The number of hydrogen-bond acceptors (Lipinski definition) is 2. The molecule has 0 aromatic heterocycles. The summed E-state index contributed by atoms with van der Waals surface area (Å²) in [6.45, 7) is 7.24. The summed E-state index contributed by atoms with van der Waals surface area (Å²) < 4.78 is 0. The maximum absolute atomic E-state index is 12.5. The van der Waals surface area contributed by atoms with Crippen molar-refractivity contribution in [2.45, 2.75) is 71.4 Å². The van der Waals surface area contributed by atoms with Gasteiger partial charge in [-0.2, -0.15) is 0 Å². The van der Waals surface area contributed by atoms with Gasteiger partial charge >= 0.3 is 0 Å². The third kappa shape index (κ3) is 2.71. The minimum Gasteiger partial charge on any atom is -0.325 e. The fourth-order valence-electron chi connectivity index (χ4n) is 3.67. The lowest BCUT2D eigenvalue weighted by molar-refractivity contribution is -0.133. The number of amides is 1. The zero-order valence-corrected chi connectivity index (χ0v) is 12.1. The topological polar surface area (TPSA) is 32.3 Å². The first kappa shape index (κ1) is 13.9. The molecule has 1 heterocycles. The molecule has 1 amide bonds. The van der Waals surface area contributed by atoms with Crippen LogP contribution in [0.5, 0.6) is 0 Å². The zero-order valence-electron chi connectivity index (χ0n) is 12.1. The molecule has 1 saturated carbocycles. The molecule has 1 aliphatic carbocycles. The highest BCUT2D eigenvalue weighted by Gasteiger charge is 2.39. The minimum absolute atomic E-state index is 0.0441. The summed E-state index contributed by atoms with van der Waals surface area (Å²) in [5, 5.41) is 3.39. The zero-order chi connectivity index (χ0) is 13.1. The van der Waals surface area contributed by atoms with Gasteiger partial charge in [0, 0.05) is 6.04 Å². The molecule has 0 aromatic carbocycles. The van der Waals surface area contributed by atoms with E-state index < -0.39 is 0 Å². The van der Waals surface area contributed by atoms with Gasteiger partial charge in [-0.3, -0.25) is 10.1 Å². The van der Waals surface area contributed by atoms with Crippen LogP contribution in [-0.2, 0) is 4.79 Å². The first-order valence-corrected chi connectivity index (χ1v) is 7.69. The summed E-state index contributed by atoms with van der Waals surface area (Å²) >= 11 is 0. The van der Waals surface area contributed by atoms with Crippen LogP contribution >= 0.6 is 0 Å². The van der Waals surface area contributed by atoms with E-state index in [1.807, 2.05) is 0 Å². The smallest absolute Gasteiger partial charge is 0.241 e. The molecule has 1 N–H and O–H groups in total. The second kappa shape index (κ2) is 6.05. The Kier molecular flexibility index (Phi) is 4.66. The SMILES string of the molecule is CCC(C1CCCCC1)N1CNC(C(C)C)C1=O. The van der Waals surface area contributed by atoms with Gasteiger partial charge in [-0.15, -0.1) is 0 Å². The van der Waals surface area contributed by atoms with Crippen molar-refractivity contribution in [1.82, 2.24) is 10.2 Å². The molecule has 1 saturated heterocycles. The van der Waals surface area contributed by atoms with E-state index in [0.29, 0.717) is 17.9 Å². The fraction of sp³-hybridized carbons (Fsp3) is 0.933. The highest BCUT2D eigenvalue weighted by Crippen LogP contribution is 2.32. The summed E-state index contributed by atoms with van der Waals surface area (Å²) in [5.41, 5.74) is 0. The molecule has 3 heteroatoms. The third-order valence-corrected chi connectivity index (χ3v) is 4.71. The van der Waals surface area contributed by atoms with E-state index in [9.17, 15) is 4.79 Å². The third-order valence-electron chi connectivity index (χ3n) is 4.71. The summed E-state index contributed by atoms with van der Waals surface area (Å²) in [6.07, 6.45) is 7.81. The van der Waals surface area contributed by atoms with E-state index in [1.165, 1.54) is 32.1 Å². The highest BCUT2D eigenvalue weighted by molar-refractivity contribution is 5.84. The van der Waals surface area contributed by atoms with Crippen LogP contribution in [0.1, 0.15) is 59.3 Å². The van der Waals surface area contributed by atoms with E-state index in [0.717, 1.165) is 19.0 Å². The molecule has 1 aliphatic heterocycles. The van der Waals surface area contributed by atoms with Crippen LogP contribution in [0.3, 0.4) is 0 Å². The summed E-state index contributed by atoms with van der Waals surface area (Å²) in [4.78, 5) is 14.6. The molecule has 0 aromatic rings. The Bertz CT molecular complexity index is 284. The average Bonchev–Trinajstić information content (AvgIpc) is 2.74. The molecular weight excluding hydrogens is 224 g/mol. The normalized spacial score (nSPS) is 28.1. The number of rotatable bonds is 4. The molecule has 2 rings (SSSR count). The number of nitrogens with one attached hydrogen (secondary N) is 1. The molecule has 104 valence electrons. The first-order chi connectivity index (χ1) is 8.65. The molecule has 2 atom stereocenters. The number of carbonyl (C=O) groups excluding carboxylic acids is 1. The second-order valence-electron chi connectivity index (χ2n) is 6.27. The molecule has 0 spiro atoms. The van der Waals surface area contributed by atoms with Crippen LogP contribution in [0, 0.1) is 11.8 Å². The highest BCUT2D eigenvalue weighted by atomic mass is 16.2. The molecule has 18 heavy (non-hydrogen) atoms. The summed E-state index contributed by atoms with van der Waals surface area (Å²) in [6, 6.07) is 0.511. The van der Waals surface area contributed by atoms with Crippen molar-refractivity contribution in [2.24, 2.45) is 11.8 Å². The largest absolute Gasteiger partial charge is 0.325 e. The maximum Gasteiger partial charge on any atom is 0.241 e. The first-order valence-electron chi connectivity index (χ1n) is 7.69. The van der Waals surface area contributed by atoms with Crippen molar-refractivity contribution in [3.05, 3.63) is 0 Å². The van der Waals surface area contributed by atoms with E-state index in [-0.39, 0.29) is 6.04 Å². The Morgan fingerprint density at radius 3 is 2.44 bits per heavy atom. The van der Waals surface area contributed by atoms with Crippen LogP contribution in [0.4, 0.5) is 0 Å². The van der Waals surface area contributed by atoms with Crippen molar-refractivity contribution in [2.75, 3.05) is 6.67 Å². The molecule has 0 radical (unpaired) electrons. The molecule has 2 unspecified atom stereocenters. The minimum atomic E-state index is 0.0441. The Morgan fingerprint density at radius 2 is 1.94 bits per heavy atom. The van der Waals surface area contributed by atoms with Gasteiger partial charge in [-0.05, 0) is 31.1 Å².